The van der Waals surface area contributed by atoms with Crippen LogP contribution in [-0.2, 0) is 11.3 Å². The van der Waals surface area contributed by atoms with E-state index < -0.39 is 0 Å². The molecular weight excluding hydrogens is 422 g/mol. The van der Waals surface area contributed by atoms with Crippen molar-refractivity contribution < 1.29 is 14.3 Å². The number of halogens is 1. The highest BCUT2D eigenvalue weighted by molar-refractivity contribution is 8.18. The molecule has 8 heteroatoms. The summed E-state index contributed by atoms with van der Waals surface area (Å²) < 4.78 is 5.38. The van der Waals surface area contributed by atoms with E-state index in [1.807, 2.05) is 12.1 Å². The molecule has 2 heterocycles. The average molecular weight is 438 g/mol. The molecule has 0 unspecified atom stereocenters. The molecule has 0 radical (unpaired) electrons. The molecule has 0 bridgehead atoms. The Labute approximate surface area is 182 Å². The maximum absolute atomic E-state index is 13.0. The fourth-order valence-electron chi connectivity index (χ4n) is 2.72. The van der Waals surface area contributed by atoms with Crippen molar-refractivity contribution in [2.24, 2.45) is 10.2 Å². The number of carbonyl (C=O) groups is 1. The molecule has 0 saturated carbocycles. The maximum Gasteiger partial charge on any atom is 0.267 e. The quantitative estimate of drug-likeness (QED) is 0.340. The van der Waals surface area contributed by atoms with Gasteiger partial charge in [-0.25, -0.2) is 0 Å². The summed E-state index contributed by atoms with van der Waals surface area (Å²) >= 11 is 7.08. The van der Waals surface area contributed by atoms with Crippen molar-refractivity contribution in [3.8, 4) is 5.75 Å². The van der Waals surface area contributed by atoms with Gasteiger partial charge in [0.25, 0.3) is 5.91 Å². The van der Waals surface area contributed by atoms with Crippen molar-refractivity contribution in [1.82, 2.24) is 4.90 Å². The van der Waals surface area contributed by atoms with Gasteiger partial charge in [0.15, 0.2) is 5.17 Å². The van der Waals surface area contributed by atoms with Gasteiger partial charge in [-0.2, -0.15) is 5.10 Å². The number of phenolic OH excluding ortho intramolecular Hbond substituents is 1. The predicted molar refractivity (Wildman–Crippen MR) is 119 cm³/mol. The fourth-order valence-corrected chi connectivity index (χ4v) is 3.78. The number of amides is 1. The van der Waals surface area contributed by atoms with Gasteiger partial charge in [0.1, 0.15) is 11.5 Å². The normalized spacial score (nSPS) is 17.0. The Morgan fingerprint density at radius 1 is 1.10 bits per heavy atom. The lowest BCUT2D eigenvalue weighted by Gasteiger charge is -2.12. The zero-order chi connectivity index (χ0) is 20.9. The van der Waals surface area contributed by atoms with Crippen molar-refractivity contribution in [3.63, 3.8) is 0 Å². The SMILES string of the molecule is O=C1/C(=C/c2ccccc2O)S/C(=N\N=C\c2ccc(Cl)cc2)N1Cc1ccco1. The number of thioether (sulfide) groups is 1. The van der Waals surface area contributed by atoms with Gasteiger partial charge in [-0.15, -0.1) is 5.10 Å². The molecule has 0 spiro atoms. The first kappa shape index (κ1) is 20.0. The van der Waals surface area contributed by atoms with E-state index in [1.54, 1.807) is 67.1 Å². The van der Waals surface area contributed by atoms with Crippen LogP contribution in [0.25, 0.3) is 6.08 Å². The molecule has 1 aromatic heterocycles. The highest BCUT2D eigenvalue weighted by Crippen LogP contribution is 2.35. The summed E-state index contributed by atoms with van der Waals surface area (Å²) in [6.45, 7) is 0.228. The van der Waals surface area contributed by atoms with Crippen LogP contribution in [0.2, 0.25) is 5.02 Å². The third-order valence-corrected chi connectivity index (χ3v) is 5.47. The second kappa shape index (κ2) is 9.02. The van der Waals surface area contributed by atoms with Gasteiger partial charge in [-0.1, -0.05) is 41.9 Å². The van der Waals surface area contributed by atoms with Crippen LogP contribution in [0.3, 0.4) is 0 Å². The summed E-state index contributed by atoms with van der Waals surface area (Å²) in [4.78, 5) is 14.9. The summed E-state index contributed by atoms with van der Waals surface area (Å²) in [6, 6.07) is 17.6. The minimum Gasteiger partial charge on any atom is -0.507 e. The number of aromatic hydroxyl groups is 1. The zero-order valence-corrected chi connectivity index (χ0v) is 17.2. The van der Waals surface area contributed by atoms with Gasteiger partial charge in [0.2, 0.25) is 0 Å². The molecule has 4 rings (SSSR count). The minimum absolute atomic E-state index is 0.0992. The Morgan fingerprint density at radius 3 is 2.63 bits per heavy atom. The Morgan fingerprint density at radius 2 is 1.90 bits per heavy atom. The van der Waals surface area contributed by atoms with Crippen LogP contribution in [0.4, 0.5) is 0 Å². The predicted octanol–water partition coefficient (Wildman–Crippen LogP) is 5.15. The van der Waals surface area contributed by atoms with Gasteiger partial charge in [0, 0.05) is 10.6 Å². The molecule has 0 aliphatic carbocycles. The van der Waals surface area contributed by atoms with Gasteiger partial charge in [0.05, 0.1) is 23.9 Å². The molecule has 1 fully saturated rings. The topological polar surface area (TPSA) is 78.4 Å². The summed E-state index contributed by atoms with van der Waals surface area (Å²) in [5.74, 6) is 0.490. The third-order valence-electron chi connectivity index (χ3n) is 4.23. The first-order valence-corrected chi connectivity index (χ1v) is 10.2. The van der Waals surface area contributed by atoms with Crippen LogP contribution in [0, 0.1) is 0 Å². The molecular formula is C22H16ClN3O3S. The van der Waals surface area contributed by atoms with E-state index in [2.05, 4.69) is 10.2 Å². The molecule has 3 aromatic rings. The lowest BCUT2D eigenvalue weighted by Crippen LogP contribution is -2.28. The molecule has 150 valence electrons. The smallest absolute Gasteiger partial charge is 0.267 e. The molecule has 1 amide bonds. The molecule has 6 nitrogen and oxygen atoms in total. The molecule has 1 aliphatic heterocycles. The number of hydrogen-bond donors (Lipinski definition) is 1. The van der Waals surface area contributed by atoms with Crippen LogP contribution in [0.15, 0.2) is 86.5 Å². The number of benzene rings is 2. The van der Waals surface area contributed by atoms with E-state index in [-0.39, 0.29) is 18.2 Å². The van der Waals surface area contributed by atoms with Crippen molar-refractivity contribution in [1.29, 1.82) is 0 Å². The number of carbonyl (C=O) groups excluding carboxylic acids is 1. The zero-order valence-electron chi connectivity index (χ0n) is 15.6. The average Bonchev–Trinajstić information content (AvgIpc) is 3.35. The molecule has 30 heavy (non-hydrogen) atoms. The van der Waals surface area contributed by atoms with Crippen LogP contribution < -0.4 is 0 Å². The molecule has 1 N–H and O–H groups in total. The van der Waals surface area contributed by atoms with Crippen molar-refractivity contribution in [3.05, 3.63) is 93.7 Å². The van der Waals surface area contributed by atoms with Gasteiger partial charge < -0.3 is 9.52 Å². The van der Waals surface area contributed by atoms with Crippen molar-refractivity contribution in [2.75, 3.05) is 0 Å². The van der Waals surface area contributed by atoms with E-state index in [0.29, 0.717) is 26.4 Å². The lowest BCUT2D eigenvalue weighted by atomic mass is 10.2. The number of phenols is 1. The second-order valence-electron chi connectivity index (χ2n) is 6.32. The van der Waals surface area contributed by atoms with E-state index in [1.165, 1.54) is 16.7 Å². The Hall–Kier alpha value is -3.29. The number of nitrogens with zero attached hydrogens (tertiary/aromatic N) is 3. The molecule has 1 aliphatic rings. The lowest BCUT2D eigenvalue weighted by molar-refractivity contribution is -0.122. The first-order chi connectivity index (χ1) is 14.6. The highest BCUT2D eigenvalue weighted by atomic mass is 35.5. The van der Waals surface area contributed by atoms with Crippen molar-refractivity contribution in [2.45, 2.75) is 6.54 Å². The van der Waals surface area contributed by atoms with Crippen LogP contribution in [0.5, 0.6) is 5.75 Å². The fraction of sp³-hybridized carbons (Fsp3) is 0.0455. The van der Waals surface area contributed by atoms with E-state index in [9.17, 15) is 9.90 Å². The summed E-state index contributed by atoms with van der Waals surface area (Å²) in [5, 5.41) is 19.5. The van der Waals surface area contributed by atoms with Gasteiger partial charge in [-0.05, 0) is 53.7 Å². The maximum atomic E-state index is 13.0. The Bertz CT molecular complexity index is 1140. The summed E-state index contributed by atoms with van der Waals surface area (Å²) in [6.07, 6.45) is 4.78. The Balaban J connectivity index is 1.63. The molecule has 2 aromatic carbocycles. The standard InChI is InChI=1S/C22H16ClN3O3S/c23-17-9-7-15(8-10-17)13-24-25-22-26(14-18-5-3-11-29-18)21(28)20(30-22)12-16-4-1-2-6-19(16)27/h1-13,27H,14H2/b20-12-,24-13+,25-22-. The summed E-state index contributed by atoms with van der Waals surface area (Å²) in [5.41, 5.74) is 1.39. The monoisotopic (exact) mass is 437 g/mol. The largest absolute Gasteiger partial charge is 0.507 e. The van der Waals surface area contributed by atoms with Crippen LogP contribution >= 0.6 is 23.4 Å². The minimum atomic E-state index is -0.236. The number of amidine groups is 1. The van der Waals surface area contributed by atoms with E-state index in [4.69, 9.17) is 16.0 Å². The van der Waals surface area contributed by atoms with E-state index in [0.717, 1.165) is 5.56 Å². The Kier molecular flexibility index (Phi) is 6.02. The van der Waals surface area contributed by atoms with E-state index >= 15 is 0 Å². The van der Waals surface area contributed by atoms with Crippen LogP contribution in [0.1, 0.15) is 16.9 Å². The number of furan rings is 1. The third kappa shape index (κ3) is 4.64. The van der Waals surface area contributed by atoms with Crippen LogP contribution in [-0.4, -0.2) is 27.3 Å². The molecule has 0 atom stereocenters. The first-order valence-electron chi connectivity index (χ1n) is 8.98. The summed E-state index contributed by atoms with van der Waals surface area (Å²) in [7, 11) is 0. The molecule has 1 saturated heterocycles. The number of para-hydroxylation sites is 1. The second-order valence-corrected chi connectivity index (χ2v) is 7.76. The van der Waals surface area contributed by atoms with Gasteiger partial charge in [-0.3, -0.25) is 9.69 Å². The van der Waals surface area contributed by atoms with Gasteiger partial charge >= 0.3 is 0 Å². The number of rotatable bonds is 5. The number of hydrogen-bond acceptors (Lipinski definition) is 6. The van der Waals surface area contributed by atoms with Crippen molar-refractivity contribution >= 4 is 46.7 Å². The highest BCUT2D eigenvalue weighted by Gasteiger charge is 2.34.